The third-order valence-corrected chi connectivity index (χ3v) is 4.26. The first kappa shape index (κ1) is 15.6. The third kappa shape index (κ3) is 3.73. The van der Waals surface area contributed by atoms with Gasteiger partial charge in [-0.2, -0.15) is 0 Å². The van der Waals surface area contributed by atoms with E-state index in [1.807, 2.05) is 30.3 Å². The second-order valence-electron chi connectivity index (χ2n) is 5.99. The Kier molecular flexibility index (Phi) is 4.96. The lowest BCUT2D eigenvalue weighted by atomic mass is 9.87. The van der Waals surface area contributed by atoms with Gasteiger partial charge in [0.05, 0.1) is 12.6 Å². The van der Waals surface area contributed by atoms with Gasteiger partial charge in [-0.3, -0.25) is 4.79 Å². The van der Waals surface area contributed by atoms with E-state index < -0.39 is 0 Å². The molecular weight excluding hydrogens is 286 g/mol. The van der Waals surface area contributed by atoms with Crippen LogP contribution in [0.4, 0.5) is 0 Å². The lowest BCUT2D eigenvalue weighted by molar-refractivity contribution is 0.0932. The number of amides is 1. The SMILES string of the molecule is CCCOc1ccc(C(=O)N[C@@H]2CCCc3ccccc32)cc1. The van der Waals surface area contributed by atoms with Crippen molar-refractivity contribution >= 4 is 5.91 Å². The Labute approximate surface area is 137 Å². The molecule has 2 aromatic carbocycles. The van der Waals surface area contributed by atoms with E-state index in [4.69, 9.17) is 4.74 Å². The van der Waals surface area contributed by atoms with Gasteiger partial charge in [0.2, 0.25) is 0 Å². The van der Waals surface area contributed by atoms with Crippen LogP contribution < -0.4 is 10.1 Å². The molecule has 23 heavy (non-hydrogen) atoms. The van der Waals surface area contributed by atoms with Gasteiger partial charge in [-0.1, -0.05) is 31.2 Å². The molecule has 0 spiro atoms. The van der Waals surface area contributed by atoms with Crippen molar-refractivity contribution in [3.63, 3.8) is 0 Å². The second-order valence-corrected chi connectivity index (χ2v) is 5.99. The summed E-state index contributed by atoms with van der Waals surface area (Å²) in [5, 5.41) is 3.17. The average molecular weight is 309 g/mol. The number of fused-ring (bicyclic) bond motifs is 1. The molecule has 0 aromatic heterocycles. The van der Waals surface area contributed by atoms with Crippen molar-refractivity contribution in [2.75, 3.05) is 6.61 Å². The quantitative estimate of drug-likeness (QED) is 0.895. The largest absolute Gasteiger partial charge is 0.494 e. The smallest absolute Gasteiger partial charge is 0.251 e. The van der Waals surface area contributed by atoms with Crippen LogP contribution in [0.15, 0.2) is 48.5 Å². The summed E-state index contributed by atoms with van der Waals surface area (Å²) in [4.78, 5) is 12.5. The number of nitrogens with one attached hydrogen (secondary N) is 1. The second kappa shape index (κ2) is 7.32. The normalized spacial score (nSPS) is 16.5. The van der Waals surface area contributed by atoms with Crippen LogP contribution in [0.2, 0.25) is 0 Å². The van der Waals surface area contributed by atoms with Crippen molar-refractivity contribution in [1.29, 1.82) is 0 Å². The Morgan fingerprint density at radius 1 is 1.17 bits per heavy atom. The first-order valence-corrected chi connectivity index (χ1v) is 8.39. The minimum absolute atomic E-state index is 0.0197. The van der Waals surface area contributed by atoms with E-state index in [1.165, 1.54) is 11.1 Å². The van der Waals surface area contributed by atoms with E-state index in [9.17, 15) is 4.79 Å². The average Bonchev–Trinajstić information content (AvgIpc) is 2.60. The predicted molar refractivity (Wildman–Crippen MR) is 91.8 cm³/mol. The molecule has 0 saturated carbocycles. The zero-order valence-corrected chi connectivity index (χ0v) is 13.5. The minimum Gasteiger partial charge on any atom is -0.494 e. The highest BCUT2D eigenvalue weighted by Crippen LogP contribution is 2.29. The van der Waals surface area contributed by atoms with Crippen molar-refractivity contribution in [2.24, 2.45) is 0 Å². The minimum atomic E-state index is -0.0197. The molecule has 0 bridgehead atoms. The van der Waals surface area contributed by atoms with Crippen molar-refractivity contribution in [2.45, 2.75) is 38.6 Å². The number of rotatable bonds is 5. The van der Waals surface area contributed by atoms with Crippen molar-refractivity contribution in [3.8, 4) is 5.75 Å². The van der Waals surface area contributed by atoms with Crippen molar-refractivity contribution in [1.82, 2.24) is 5.32 Å². The topological polar surface area (TPSA) is 38.3 Å². The van der Waals surface area contributed by atoms with E-state index >= 15 is 0 Å². The lowest BCUT2D eigenvalue weighted by Gasteiger charge is -2.26. The number of carbonyl (C=O) groups excluding carboxylic acids is 1. The molecule has 3 heteroatoms. The Morgan fingerprint density at radius 2 is 1.96 bits per heavy atom. The third-order valence-electron chi connectivity index (χ3n) is 4.26. The van der Waals surface area contributed by atoms with E-state index in [0.717, 1.165) is 31.4 Å². The monoisotopic (exact) mass is 309 g/mol. The van der Waals surface area contributed by atoms with Crippen LogP contribution in [-0.2, 0) is 6.42 Å². The Bertz CT molecular complexity index is 664. The Balaban J connectivity index is 1.68. The lowest BCUT2D eigenvalue weighted by Crippen LogP contribution is -2.30. The molecule has 0 saturated heterocycles. The van der Waals surface area contributed by atoms with Crippen LogP contribution in [0, 0.1) is 0 Å². The molecule has 0 fully saturated rings. The van der Waals surface area contributed by atoms with Gasteiger partial charge in [0.15, 0.2) is 0 Å². The fraction of sp³-hybridized carbons (Fsp3) is 0.350. The zero-order chi connectivity index (χ0) is 16.1. The number of hydrogen-bond acceptors (Lipinski definition) is 2. The van der Waals surface area contributed by atoms with E-state index in [0.29, 0.717) is 12.2 Å². The van der Waals surface area contributed by atoms with Gasteiger partial charge in [0, 0.05) is 5.56 Å². The van der Waals surface area contributed by atoms with Gasteiger partial charge in [-0.15, -0.1) is 0 Å². The molecule has 1 aliphatic rings. The molecule has 0 aliphatic heterocycles. The highest BCUT2D eigenvalue weighted by Gasteiger charge is 2.21. The molecule has 0 heterocycles. The molecule has 3 nitrogen and oxygen atoms in total. The highest BCUT2D eigenvalue weighted by molar-refractivity contribution is 5.94. The fourth-order valence-electron chi connectivity index (χ4n) is 3.07. The van der Waals surface area contributed by atoms with Crippen molar-refractivity contribution < 1.29 is 9.53 Å². The maximum absolute atomic E-state index is 12.5. The molecule has 1 N–H and O–H groups in total. The van der Waals surface area contributed by atoms with Gasteiger partial charge >= 0.3 is 0 Å². The van der Waals surface area contributed by atoms with Crippen LogP contribution >= 0.6 is 0 Å². The summed E-state index contributed by atoms with van der Waals surface area (Å²) in [6.45, 7) is 2.77. The molecule has 0 unspecified atom stereocenters. The molecular formula is C20H23NO2. The zero-order valence-electron chi connectivity index (χ0n) is 13.5. The summed E-state index contributed by atoms with van der Waals surface area (Å²) in [7, 11) is 0. The van der Waals surface area contributed by atoms with Gasteiger partial charge < -0.3 is 10.1 Å². The number of hydrogen-bond donors (Lipinski definition) is 1. The molecule has 1 amide bonds. The van der Waals surface area contributed by atoms with E-state index in [-0.39, 0.29) is 11.9 Å². The molecule has 1 atom stereocenters. The van der Waals surface area contributed by atoms with Crippen LogP contribution in [0.3, 0.4) is 0 Å². The molecule has 0 radical (unpaired) electrons. The van der Waals surface area contributed by atoms with E-state index in [2.05, 4.69) is 30.4 Å². The summed E-state index contributed by atoms with van der Waals surface area (Å²) in [6, 6.07) is 15.9. The summed E-state index contributed by atoms with van der Waals surface area (Å²) in [5.41, 5.74) is 3.29. The van der Waals surface area contributed by atoms with Crippen LogP contribution in [0.5, 0.6) is 5.75 Å². The van der Waals surface area contributed by atoms with Gasteiger partial charge in [-0.05, 0) is 61.1 Å². The Hall–Kier alpha value is -2.29. The van der Waals surface area contributed by atoms with Gasteiger partial charge in [-0.25, -0.2) is 0 Å². The van der Waals surface area contributed by atoms with Gasteiger partial charge in [0.1, 0.15) is 5.75 Å². The number of carbonyl (C=O) groups is 1. The summed E-state index contributed by atoms with van der Waals surface area (Å²) in [6.07, 6.45) is 4.20. The summed E-state index contributed by atoms with van der Waals surface area (Å²) in [5.74, 6) is 0.792. The van der Waals surface area contributed by atoms with Crippen LogP contribution in [0.1, 0.15) is 53.7 Å². The number of ether oxygens (including phenoxy) is 1. The number of benzene rings is 2. The molecule has 2 aromatic rings. The summed E-state index contributed by atoms with van der Waals surface area (Å²) < 4.78 is 5.55. The first-order valence-electron chi connectivity index (χ1n) is 8.39. The van der Waals surface area contributed by atoms with Crippen molar-refractivity contribution in [3.05, 3.63) is 65.2 Å². The molecule has 3 rings (SSSR count). The van der Waals surface area contributed by atoms with Crippen LogP contribution in [-0.4, -0.2) is 12.5 Å². The maximum Gasteiger partial charge on any atom is 0.251 e. The predicted octanol–water partition coefficient (Wildman–Crippen LogP) is 4.28. The first-order chi connectivity index (χ1) is 11.3. The Morgan fingerprint density at radius 3 is 2.74 bits per heavy atom. The van der Waals surface area contributed by atoms with Gasteiger partial charge in [0.25, 0.3) is 5.91 Å². The molecule has 1 aliphatic carbocycles. The number of aryl methyl sites for hydroxylation is 1. The summed E-state index contributed by atoms with van der Waals surface area (Å²) >= 11 is 0. The fourth-order valence-corrected chi connectivity index (χ4v) is 3.07. The van der Waals surface area contributed by atoms with E-state index in [1.54, 1.807) is 0 Å². The highest BCUT2D eigenvalue weighted by atomic mass is 16.5. The van der Waals surface area contributed by atoms with Crippen LogP contribution in [0.25, 0.3) is 0 Å². The molecule has 120 valence electrons. The maximum atomic E-state index is 12.5. The standard InChI is InChI=1S/C20H23NO2/c1-2-14-23-17-12-10-16(11-13-17)20(22)21-19-9-5-7-15-6-3-4-8-18(15)19/h3-4,6,8,10-13,19H,2,5,7,9,14H2,1H3,(H,21,22)/t19-/m1/s1.